The van der Waals surface area contributed by atoms with E-state index in [9.17, 15) is 0 Å². The van der Waals surface area contributed by atoms with Crippen molar-refractivity contribution in [3.8, 4) is 0 Å². The van der Waals surface area contributed by atoms with E-state index in [0.717, 1.165) is 58.9 Å². The third-order valence-corrected chi connectivity index (χ3v) is 3.25. The first-order valence-corrected chi connectivity index (χ1v) is 6.94. The molecule has 1 heterocycles. The largest absolute Gasteiger partial charge is 0.395 e. The number of piperazine rings is 1. The van der Waals surface area contributed by atoms with Crippen molar-refractivity contribution in [2.75, 3.05) is 78.7 Å². The molecule has 0 aromatic heterocycles. The van der Waals surface area contributed by atoms with Crippen LogP contribution in [0.5, 0.6) is 0 Å². The highest BCUT2D eigenvalue weighted by molar-refractivity contribution is 4.72. The van der Waals surface area contributed by atoms with Crippen molar-refractivity contribution >= 4 is 0 Å². The Morgan fingerprint density at radius 1 is 0.667 bits per heavy atom. The lowest BCUT2D eigenvalue weighted by atomic mass is 10.3. The maximum absolute atomic E-state index is 8.86. The van der Waals surface area contributed by atoms with E-state index in [1.165, 1.54) is 0 Å². The fraction of sp³-hybridized carbons (Fsp3) is 1.00. The van der Waals surface area contributed by atoms with Gasteiger partial charge in [0, 0.05) is 65.4 Å². The molecule has 0 radical (unpaired) electrons. The molecular formula is C12H28N4O2. The van der Waals surface area contributed by atoms with Crippen LogP contribution in [0.2, 0.25) is 0 Å². The van der Waals surface area contributed by atoms with Gasteiger partial charge in [0.15, 0.2) is 0 Å². The predicted octanol–water partition coefficient (Wildman–Crippen LogP) is -2.23. The van der Waals surface area contributed by atoms with Crippen LogP contribution < -0.4 is 10.6 Å². The summed E-state index contributed by atoms with van der Waals surface area (Å²) in [6.45, 7) is 10.3. The molecule has 1 saturated heterocycles. The number of nitrogens with one attached hydrogen (secondary N) is 2. The van der Waals surface area contributed by atoms with Crippen LogP contribution in [-0.4, -0.2) is 98.7 Å². The molecule has 0 saturated carbocycles. The molecule has 0 atom stereocenters. The lowest BCUT2D eigenvalue weighted by Gasteiger charge is -2.34. The molecular weight excluding hydrogens is 232 g/mol. The SMILES string of the molecule is OCCNCCNCCN1CCN(CCO)CC1. The van der Waals surface area contributed by atoms with Crippen molar-refractivity contribution in [2.24, 2.45) is 0 Å². The first-order chi connectivity index (χ1) is 8.86. The Hall–Kier alpha value is -0.240. The Kier molecular flexibility index (Phi) is 9.37. The third kappa shape index (κ3) is 7.25. The van der Waals surface area contributed by atoms with Crippen LogP contribution in [0.4, 0.5) is 0 Å². The van der Waals surface area contributed by atoms with Crippen molar-refractivity contribution < 1.29 is 10.2 Å². The minimum atomic E-state index is 0.206. The lowest BCUT2D eigenvalue weighted by molar-refractivity contribution is 0.113. The Morgan fingerprint density at radius 2 is 1.22 bits per heavy atom. The number of nitrogens with zero attached hydrogens (tertiary/aromatic N) is 2. The molecule has 0 aromatic carbocycles. The summed E-state index contributed by atoms with van der Waals surface area (Å²) in [4.78, 5) is 4.77. The molecule has 1 aliphatic rings. The molecule has 0 aromatic rings. The molecule has 4 N–H and O–H groups in total. The number of β-amino-alcohol motifs (C(OH)–C–C–N with tert-alkyl or cyclic N) is 1. The first kappa shape index (κ1) is 15.8. The van der Waals surface area contributed by atoms with Gasteiger partial charge < -0.3 is 20.8 Å². The van der Waals surface area contributed by atoms with Gasteiger partial charge in [-0.3, -0.25) is 9.80 Å². The van der Waals surface area contributed by atoms with E-state index in [1.54, 1.807) is 0 Å². The molecule has 6 heteroatoms. The number of rotatable bonds is 10. The van der Waals surface area contributed by atoms with E-state index in [4.69, 9.17) is 10.2 Å². The molecule has 1 aliphatic heterocycles. The summed E-state index contributed by atoms with van der Waals surface area (Å²) < 4.78 is 0. The van der Waals surface area contributed by atoms with Crippen molar-refractivity contribution in [3.63, 3.8) is 0 Å². The van der Waals surface area contributed by atoms with Crippen molar-refractivity contribution in [2.45, 2.75) is 0 Å². The summed E-state index contributed by atoms with van der Waals surface area (Å²) in [6, 6.07) is 0. The lowest BCUT2D eigenvalue weighted by Crippen LogP contribution is -2.48. The maximum Gasteiger partial charge on any atom is 0.0558 e. The van der Waals surface area contributed by atoms with E-state index in [-0.39, 0.29) is 13.2 Å². The Labute approximate surface area is 110 Å². The average Bonchev–Trinajstić information content (AvgIpc) is 2.40. The second-order valence-electron chi connectivity index (χ2n) is 4.63. The third-order valence-electron chi connectivity index (χ3n) is 3.25. The van der Waals surface area contributed by atoms with Crippen LogP contribution in [0, 0.1) is 0 Å². The maximum atomic E-state index is 8.86. The molecule has 0 amide bonds. The summed E-state index contributed by atoms with van der Waals surface area (Å²) in [7, 11) is 0. The summed E-state index contributed by atoms with van der Waals surface area (Å²) in [5, 5.41) is 24.0. The number of hydrogen-bond acceptors (Lipinski definition) is 6. The molecule has 18 heavy (non-hydrogen) atoms. The smallest absolute Gasteiger partial charge is 0.0558 e. The quantitative estimate of drug-likeness (QED) is 0.333. The highest BCUT2D eigenvalue weighted by atomic mass is 16.3. The average molecular weight is 260 g/mol. The van der Waals surface area contributed by atoms with Crippen LogP contribution in [0.1, 0.15) is 0 Å². The zero-order chi connectivity index (χ0) is 13.1. The van der Waals surface area contributed by atoms with Crippen LogP contribution in [-0.2, 0) is 0 Å². The second kappa shape index (κ2) is 10.7. The van der Waals surface area contributed by atoms with Gasteiger partial charge in [-0.05, 0) is 0 Å². The van der Waals surface area contributed by atoms with Gasteiger partial charge in [-0.25, -0.2) is 0 Å². The predicted molar refractivity (Wildman–Crippen MR) is 72.8 cm³/mol. The van der Waals surface area contributed by atoms with Crippen molar-refractivity contribution in [1.29, 1.82) is 0 Å². The summed E-state index contributed by atoms with van der Waals surface area (Å²) in [6.07, 6.45) is 0. The van der Waals surface area contributed by atoms with Gasteiger partial charge in [-0.1, -0.05) is 0 Å². The van der Waals surface area contributed by atoms with Crippen LogP contribution in [0.3, 0.4) is 0 Å². The number of hydrogen-bond donors (Lipinski definition) is 4. The van der Waals surface area contributed by atoms with E-state index in [2.05, 4.69) is 20.4 Å². The van der Waals surface area contributed by atoms with Gasteiger partial charge in [0.1, 0.15) is 0 Å². The van der Waals surface area contributed by atoms with Gasteiger partial charge in [-0.15, -0.1) is 0 Å². The van der Waals surface area contributed by atoms with Gasteiger partial charge in [-0.2, -0.15) is 0 Å². The molecule has 0 aliphatic carbocycles. The summed E-state index contributed by atoms with van der Waals surface area (Å²) in [5.74, 6) is 0. The van der Waals surface area contributed by atoms with E-state index in [1.807, 2.05) is 0 Å². The molecule has 1 rings (SSSR count). The Bertz CT molecular complexity index is 187. The van der Waals surface area contributed by atoms with Gasteiger partial charge in [0.05, 0.1) is 13.2 Å². The van der Waals surface area contributed by atoms with E-state index in [0.29, 0.717) is 6.54 Å². The monoisotopic (exact) mass is 260 g/mol. The summed E-state index contributed by atoms with van der Waals surface area (Å²) in [5.41, 5.74) is 0. The van der Waals surface area contributed by atoms with Crippen LogP contribution in [0.15, 0.2) is 0 Å². The summed E-state index contributed by atoms with van der Waals surface area (Å²) >= 11 is 0. The fourth-order valence-electron chi connectivity index (χ4n) is 2.12. The standard InChI is InChI=1S/C12H28N4O2/c17-11-4-14-2-1-13-3-5-15-6-8-16(9-7-15)10-12-18/h13-14,17-18H,1-12H2. The molecule has 0 unspecified atom stereocenters. The molecule has 108 valence electrons. The fourth-order valence-corrected chi connectivity index (χ4v) is 2.12. The van der Waals surface area contributed by atoms with E-state index < -0.39 is 0 Å². The van der Waals surface area contributed by atoms with Crippen LogP contribution >= 0.6 is 0 Å². The second-order valence-corrected chi connectivity index (χ2v) is 4.63. The van der Waals surface area contributed by atoms with Gasteiger partial charge in [0.2, 0.25) is 0 Å². The molecule has 6 nitrogen and oxygen atoms in total. The molecule has 0 bridgehead atoms. The molecule has 1 fully saturated rings. The van der Waals surface area contributed by atoms with Gasteiger partial charge >= 0.3 is 0 Å². The van der Waals surface area contributed by atoms with Crippen molar-refractivity contribution in [3.05, 3.63) is 0 Å². The molecule has 0 spiro atoms. The van der Waals surface area contributed by atoms with E-state index >= 15 is 0 Å². The minimum Gasteiger partial charge on any atom is -0.395 e. The highest BCUT2D eigenvalue weighted by Crippen LogP contribution is 1.99. The van der Waals surface area contributed by atoms with Crippen LogP contribution in [0.25, 0.3) is 0 Å². The topological polar surface area (TPSA) is 71.0 Å². The highest BCUT2D eigenvalue weighted by Gasteiger charge is 2.15. The minimum absolute atomic E-state index is 0.206. The number of aliphatic hydroxyl groups excluding tert-OH is 2. The Balaban J connectivity index is 1.88. The zero-order valence-corrected chi connectivity index (χ0v) is 11.3. The van der Waals surface area contributed by atoms with Crippen molar-refractivity contribution in [1.82, 2.24) is 20.4 Å². The Morgan fingerprint density at radius 3 is 1.78 bits per heavy atom. The zero-order valence-electron chi connectivity index (χ0n) is 11.3. The number of aliphatic hydroxyl groups is 2. The van der Waals surface area contributed by atoms with Gasteiger partial charge in [0.25, 0.3) is 0 Å². The first-order valence-electron chi connectivity index (χ1n) is 6.94. The normalized spacial score (nSPS) is 18.3.